The highest BCUT2D eigenvalue weighted by atomic mass is 79.9. The van der Waals surface area contributed by atoms with E-state index in [1.54, 1.807) is 7.11 Å². The van der Waals surface area contributed by atoms with Gasteiger partial charge in [0.05, 0.1) is 11.6 Å². The molecule has 0 aliphatic rings. The van der Waals surface area contributed by atoms with Gasteiger partial charge in [-0.15, -0.1) is 0 Å². The maximum absolute atomic E-state index is 10.5. The Bertz CT molecular complexity index is 427. The molecule has 1 rings (SSSR count). The molecule has 0 bridgehead atoms. The summed E-state index contributed by atoms with van der Waals surface area (Å²) < 4.78 is 6.34. The van der Waals surface area contributed by atoms with Crippen molar-refractivity contribution in [3.05, 3.63) is 27.2 Å². The SMILES string of the molecule is COc1c(CCCC(=O)O)cc(C)c(C)c1Br. The molecule has 0 heterocycles. The van der Waals surface area contributed by atoms with Crippen molar-refractivity contribution in [2.45, 2.75) is 33.1 Å². The zero-order valence-electron chi connectivity index (χ0n) is 10.3. The van der Waals surface area contributed by atoms with Gasteiger partial charge in [-0.1, -0.05) is 6.07 Å². The minimum Gasteiger partial charge on any atom is -0.495 e. The Balaban J connectivity index is 2.94. The van der Waals surface area contributed by atoms with Crippen LogP contribution in [-0.2, 0) is 11.2 Å². The lowest BCUT2D eigenvalue weighted by Crippen LogP contribution is -2.00. The summed E-state index contributed by atoms with van der Waals surface area (Å²) in [6.07, 6.45) is 1.53. The number of ether oxygens (including phenoxy) is 1. The van der Waals surface area contributed by atoms with E-state index in [0.717, 1.165) is 27.8 Å². The molecule has 0 aromatic heterocycles. The number of hydrogen-bond donors (Lipinski definition) is 1. The summed E-state index contributed by atoms with van der Waals surface area (Å²) in [4.78, 5) is 10.5. The number of aliphatic carboxylic acids is 1. The quantitative estimate of drug-likeness (QED) is 0.905. The van der Waals surface area contributed by atoms with Crippen molar-refractivity contribution in [1.29, 1.82) is 0 Å². The van der Waals surface area contributed by atoms with Crippen molar-refractivity contribution in [3.63, 3.8) is 0 Å². The van der Waals surface area contributed by atoms with E-state index in [4.69, 9.17) is 9.84 Å². The average molecular weight is 301 g/mol. The second-order valence-corrected chi connectivity index (χ2v) is 4.87. The lowest BCUT2D eigenvalue weighted by molar-refractivity contribution is -0.137. The van der Waals surface area contributed by atoms with Gasteiger partial charge >= 0.3 is 5.97 Å². The predicted molar refractivity (Wildman–Crippen MR) is 70.7 cm³/mol. The minimum absolute atomic E-state index is 0.188. The summed E-state index contributed by atoms with van der Waals surface area (Å²) in [5.41, 5.74) is 3.40. The minimum atomic E-state index is -0.758. The van der Waals surface area contributed by atoms with Crippen LogP contribution in [0.4, 0.5) is 0 Å². The first-order valence-electron chi connectivity index (χ1n) is 5.51. The highest BCUT2D eigenvalue weighted by Gasteiger charge is 2.12. The molecule has 1 N–H and O–H groups in total. The molecule has 94 valence electrons. The summed E-state index contributed by atoms with van der Waals surface area (Å²) in [5.74, 6) is 0.0605. The van der Waals surface area contributed by atoms with Gasteiger partial charge in [0.2, 0.25) is 0 Å². The molecular weight excluding hydrogens is 284 g/mol. The molecule has 3 nitrogen and oxygen atoms in total. The van der Waals surface area contributed by atoms with Gasteiger partial charge in [0.15, 0.2) is 0 Å². The van der Waals surface area contributed by atoms with Crippen LogP contribution in [0.2, 0.25) is 0 Å². The molecule has 0 amide bonds. The maximum Gasteiger partial charge on any atom is 0.303 e. The molecule has 0 saturated carbocycles. The first kappa shape index (κ1) is 14.0. The molecule has 0 aliphatic heterocycles. The fourth-order valence-corrected chi connectivity index (χ4v) is 2.49. The number of carboxylic acids is 1. The van der Waals surface area contributed by atoms with Gasteiger partial charge in [-0.2, -0.15) is 0 Å². The topological polar surface area (TPSA) is 46.5 Å². The van der Waals surface area contributed by atoms with Gasteiger partial charge in [0, 0.05) is 6.42 Å². The molecule has 0 fully saturated rings. The van der Waals surface area contributed by atoms with E-state index >= 15 is 0 Å². The van der Waals surface area contributed by atoms with Crippen LogP contribution in [0, 0.1) is 13.8 Å². The zero-order valence-corrected chi connectivity index (χ0v) is 11.9. The van der Waals surface area contributed by atoms with Crippen molar-refractivity contribution in [2.75, 3.05) is 7.11 Å². The Morgan fingerprint density at radius 1 is 1.47 bits per heavy atom. The third-order valence-electron chi connectivity index (χ3n) is 2.84. The fraction of sp³-hybridized carbons (Fsp3) is 0.462. The van der Waals surface area contributed by atoms with Crippen molar-refractivity contribution in [1.82, 2.24) is 0 Å². The Morgan fingerprint density at radius 2 is 2.12 bits per heavy atom. The average Bonchev–Trinajstić information content (AvgIpc) is 2.26. The Hall–Kier alpha value is -1.03. The van der Waals surface area contributed by atoms with Gasteiger partial charge in [0.25, 0.3) is 0 Å². The normalized spacial score (nSPS) is 10.4. The number of rotatable bonds is 5. The number of aryl methyl sites for hydroxylation is 2. The van der Waals surface area contributed by atoms with E-state index in [0.29, 0.717) is 6.42 Å². The summed E-state index contributed by atoms with van der Waals surface area (Å²) in [5, 5.41) is 8.63. The summed E-state index contributed by atoms with van der Waals surface area (Å²) >= 11 is 3.52. The number of methoxy groups -OCH3 is 1. The first-order chi connectivity index (χ1) is 7.97. The summed E-state index contributed by atoms with van der Waals surface area (Å²) in [6, 6.07) is 2.07. The molecule has 0 saturated heterocycles. The third-order valence-corrected chi connectivity index (χ3v) is 3.80. The number of carboxylic acid groups (broad SMARTS) is 1. The van der Waals surface area contributed by atoms with E-state index in [9.17, 15) is 4.79 Å². The predicted octanol–water partition coefficient (Wildman–Crippen LogP) is 3.48. The lowest BCUT2D eigenvalue weighted by Gasteiger charge is -2.14. The number of carbonyl (C=O) groups is 1. The number of halogens is 1. The van der Waals surface area contributed by atoms with Gasteiger partial charge in [-0.05, 0) is 59.3 Å². The van der Waals surface area contributed by atoms with E-state index < -0.39 is 5.97 Å². The largest absolute Gasteiger partial charge is 0.495 e. The van der Waals surface area contributed by atoms with E-state index in [1.807, 2.05) is 13.8 Å². The molecule has 0 aliphatic carbocycles. The lowest BCUT2D eigenvalue weighted by atomic mass is 10.0. The molecule has 4 heteroatoms. The Kier molecular flexibility index (Phi) is 5.00. The van der Waals surface area contributed by atoms with Crippen LogP contribution in [0.3, 0.4) is 0 Å². The number of hydrogen-bond acceptors (Lipinski definition) is 2. The molecule has 0 spiro atoms. The zero-order chi connectivity index (χ0) is 13.0. The molecule has 17 heavy (non-hydrogen) atoms. The third kappa shape index (κ3) is 3.46. The maximum atomic E-state index is 10.5. The molecule has 1 aromatic carbocycles. The molecular formula is C13H17BrO3. The number of benzene rings is 1. The molecule has 0 atom stereocenters. The van der Waals surface area contributed by atoms with Gasteiger partial charge in [-0.3, -0.25) is 4.79 Å². The summed E-state index contributed by atoms with van der Waals surface area (Å²) in [7, 11) is 1.63. The van der Waals surface area contributed by atoms with Gasteiger partial charge in [0.1, 0.15) is 5.75 Å². The van der Waals surface area contributed by atoms with Gasteiger partial charge < -0.3 is 9.84 Å². The highest BCUT2D eigenvalue weighted by molar-refractivity contribution is 9.10. The molecule has 0 unspecified atom stereocenters. The molecule has 0 radical (unpaired) electrons. The van der Waals surface area contributed by atoms with Crippen LogP contribution in [0.15, 0.2) is 10.5 Å². The van der Waals surface area contributed by atoms with Crippen LogP contribution < -0.4 is 4.74 Å². The van der Waals surface area contributed by atoms with Crippen LogP contribution in [0.1, 0.15) is 29.5 Å². The van der Waals surface area contributed by atoms with Crippen molar-refractivity contribution in [2.24, 2.45) is 0 Å². The van der Waals surface area contributed by atoms with Gasteiger partial charge in [-0.25, -0.2) is 0 Å². The van der Waals surface area contributed by atoms with E-state index in [-0.39, 0.29) is 6.42 Å². The Labute approximate surface area is 110 Å². The summed E-state index contributed by atoms with van der Waals surface area (Å²) in [6.45, 7) is 4.07. The second kappa shape index (κ2) is 6.05. The second-order valence-electron chi connectivity index (χ2n) is 4.07. The monoisotopic (exact) mass is 300 g/mol. The van der Waals surface area contributed by atoms with E-state index in [1.165, 1.54) is 5.56 Å². The van der Waals surface area contributed by atoms with Crippen molar-refractivity contribution >= 4 is 21.9 Å². The van der Waals surface area contributed by atoms with Crippen molar-refractivity contribution < 1.29 is 14.6 Å². The fourth-order valence-electron chi connectivity index (χ4n) is 1.76. The van der Waals surface area contributed by atoms with Crippen LogP contribution in [0.25, 0.3) is 0 Å². The van der Waals surface area contributed by atoms with Crippen molar-refractivity contribution in [3.8, 4) is 5.75 Å². The van der Waals surface area contributed by atoms with Crippen LogP contribution >= 0.6 is 15.9 Å². The standard InChI is InChI=1S/C13H17BrO3/c1-8-7-10(5-4-6-11(15)16)13(17-3)12(14)9(8)2/h7H,4-6H2,1-3H3,(H,15,16). The first-order valence-corrected chi connectivity index (χ1v) is 6.31. The molecule has 1 aromatic rings. The highest BCUT2D eigenvalue weighted by Crippen LogP contribution is 2.35. The van der Waals surface area contributed by atoms with E-state index in [2.05, 4.69) is 22.0 Å². The smallest absolute Gasteiger partial charge is 0.303 e. The van der Waals surface area contributed by atoms with Crippen LogP contribution in [-0.4, -0.2) is 18.2 Å². The van der Waals surface area contributed by atoms with Crippen LogP contribution in [0.5, 0.6) is 5.75 Å². The Morgan fingerprint density at radius 3 is 2.65 bits per heavy atom.